The van der Waals surface area contributed by atoms with Crippen molar-refractivity contribution in [3.05, 3.63) is 54.1 Å². The summed E-state index contributed by atoms with van der Waals surface area (Å²) in [5.74, 6) is -3.98. The fourth-order valence-electron chi connectivity index (χ4n) is 3.31. The Bertz CT molecular complexity index is 993. The van der Waals surface area contributed by atoms with Gasteiger partial charge in [0.05, 0.1) is 11.0 Å². The molecule has 1 aliphatic rings. The fraction of sp³-hybridized carbons (Fsp3) is 0.263. The average Bonchev–Trinajstić information content (AvgIpc) is 3.30. The molecule has 0 bridgehead atoms. The first kappa shape index (κ1) is 16.6. The van der Waals surface area contributed by atoms with E-state index in [2.05, 4.69) is 4.98 Å². The summed E-state index contributed by atoms with van der Waals surface area (Å²) in [4.78, 5) is 18.4. The lowest BCUT2D eigenvalue weighted by Gasteiger charge is -2.16. The lowest BCUT2D eigenvalue weighted by atomic mass is 10.1. The van der Waals surface area contributed by atoms with Crippen LogP contribution >= 0.6 is 0 Å². The standard InChI is InChI=1S/C19H16F3N3O/c20-14-4-3-13(18(21)19(14)22)12-9-16-15(23-10-12)5-8-25(16)11-17(26)24-6-1-2-7-24/h3-5,8-10H,1-2,6-7,11H2. The smallest absolute Gasteiger partial charge is 0.242 e. The van der Waals surface area contributed by atoms with Gasteiger partial charge in [-0.15, -0.1) is 0 Å². The monoisotopic (exact) mass is 359 g/mol. The minimum Gasteiger partial charge on any atom is -0.341 e. The molecule has 26 heavy (non-hydrogen) atoms. The number of halogens is 3. The Kier molecular flexibility index (Phi) is 4.14. The SMILES string of the molecule is O=C(Cn1ccc2ncc(-c3ccc(F)c(F)c3F)cc21)N1CCCC1. The predicted octanol–water partition coefficient (Wildman–Crippen LogP) is 3.74. The van der Waals surface area contributed by atoms with Gasteiger partial charge in [0.25, 0.3) is 0 Å². The van der Waals surface area contributed by atoms with E-state index in [1.54, 1.807) is 22.9 Å². The molecule has 7 heteroatoms. The Hall–Kier alpha value is -2.83. The molecule has 0 radical (unpaired) electrons. The third-order valence-electron chi connectivity index (χ3n) is 4.73. The number of nitrogens with zero attached hydrogens (tertiary/aromatic N) is 3. The van der Waals surface area contributed by atoms with Gasteiger partial charge >= 0.3 is 0 Å². The Morgan fingerprint density at radius 2 is 1.85 bits per heavy atom. The maximum absolute atomic E-state index is 14.1. The van der Waals surface area contributed by atoms with E-state index in [0.29, 0.717) is 16.6 Å². The van der Waals surface area contributed by atoms with E-state index >= 15 is 0 Å². The van der Waals surface area contributed by atoms with Crippen molar-refractivity contribution in [3.8, 4) is 11.1 Å². The molecule has 0 atom stereocenters. The van der Waals surface area contributed by atoms with E-state index in [1.807, 2.05) is 4.90 Å². The number of hydrogen-bond donors (Lipinski definition) is 0. The molecule has 1 saturated heterocycles. The van der Waals surface area contributed by atoms with E-state index in [1.165, 1.54) is 12.3 Å². The summed E-state index contributed by atoms with van der Waals surface area (Å²) < 4.78 is 42.5. The number of carbonyl (C=O) groups excluding carboxylic acids is 1. The van der Waals surface area contributed by atoms with E-state index in [4.69, 9.17) is 0 Å². The number of carbonyl (C=O) groups is 1. The molecular formula is C19H16F3N3O. The first-order chi connectivity index (χ1) is 12.5. The van der Waals surface area contributed by atoms with Crippen molar-refractivity contribution in [1.29, 1.82) is 0 Å². The topological polar surface area (TPSA) is 38.1 Å². The zero-order valence-corrected chi connectivity index (χ0v) is 13.9. The van der Waals surface area contributed by atoms with Crippen molar-refractivity contribution < 1.29 is 18.0 Å². The van der Waals surface area contributed by atoms with Crippen molar-refractivity contribution in [2.75, 3.05) is 13.1 Å². The van der Waals surface area contributed by atoms with Gasteiger partial charge in [-0.3, -0.25) is 9.78 Å². The van der Waals surface area contributed by atoms with Gasteiger partial charge in [-0.05, 0) is 37.1 Å². The van der Waals surface area contributed by atoms with Crippen molar-refractivity contribution >= 4 is 16.9 Å². The molecule has 3 aromatic rings. The highest BCUT2D eigenvalue weighted by Gasteiger charge is 2.19. The summed E-state index contributed by atoms with van der Waals surface area (Å²) in [6, 6.07) is 5.46. The maximum Gasteiger partial charge on any atom is 0.242 e. The number of likely N-dealkylation sites (tertiary alicyclic amines) is 1. The molecule has 0 aliphatic carbocycles. The molecule has 2 aromatic heterocycles. The largest absolute Gasteiger partial charge is 0.341 e. The highest BCUT2D eigenvalue weighted by atomic mass is 19.2. The fourth-order valence-corrected chi connectivity index (χ4v) is 3.31. The molecule has 134 valence electrons. The Balaban J connectivity index is 1.71. The average molecular weight is 359 g/mol. The van der Waals surface area contributed by atoms with Gasteiger partial charge in [0, 0.05) is 36.6 Å². The molecule has 1 aromatic carbocycles. The summed E-state index contributed by atoms with van der Waals surface area (Å²) in [6.07, 6.45) is 5.18. The van der Waals surface area contributed by atoms with Crippen LogP contribution in [-0.4, -0.2) is 33.4 Å². The normalized spacial score (nSPS) is 14.3. The third-order valence-corrected chi connectivity index (χ3v) is 4.73. The summed E-state index contributed by atoms with van der Waals surface area (Å²) in [6.45, 7) is 1.69. The number of pyridine rings is 1. The van der Waals surface area contributed by atoms with Gasteiger partial charge in [-0.25, -0.2) is 13.2 Å². The van der Waals surface area contributed by atoms with E-state index < -0.39 is 17.5 Å². The zero-order chi connectivity index (χ0) is 18.3. The lowest BCUT2D eigenvalue weighted by Crippen LogP contribution is -2.30. The molecule has 1 fully saturated rings. The molecule has 4 nitrogen and oxygen atoms in total. The molecule has 3 heterocycles. The van der Waals surface area contributed by atoms with Crippen LogP contribution in [0.3, 0.4) is 0 Å². The molecule has 1 amide bonds. The van der Waals surface area contributed by atoms with Crippen LogP contribution in [0.4, 0.5) is 13.2 Å². The van der Waals surface area contributed by atoms with Gasteiger partial charge in [-0.1, -0.05) is 0 Å². The summed E-state index contributed by atoms with van der Waals surface area (Å²) in [5, 5.41) is 0. The van der Waals surface area contributed by atoms with Crippen molar-refractivity contribution in [2.45, 2.75) is 19.4 Å². The minimum atomic E-state index is -1.51. The van der Waals surface area contributed by atoms with Crippen LogP contribution in [0.25, 0.3) is 22.2 Å². The van der Waals surface area contributed by atoms with Crippen LogP contribution in [0.15, 0.2) is 36.7 Å². The van der Waals surface area contributed by atoms with Crippen molar-refractivity contribution in [1.82, 2.24) is 14.5 Å². The second-order valence-electron chi connectivity index (χ2n) is 6.38. The summed E-state index contributed by atoms with van der Waals surface area (Å²) in [5.41, 5.74) is 1.53. The van der Waals surface area contributed by atoms with Crippen LogP contribution < -0.4 is 0 Å². The van der Waals surface area contributed by atoms with Crippen LogP contribution in [0.1, 0.15) is 12.8 Å². The lowest BCUT2D eigenvalue weighted by molar-refractivity contribution is -0.130. The van der Waals surface area contributed by atoms with Crippen molar-refractivity contribution in [3.63, 3.8) is 0 Å². The van der Waals surface area contributed by atoms with Crippen LogP contribution in [-0.2, 0) is 11.3 Å². The Morgan fingerprint density at radius 1 is 1.08 bits per heavy atom. The number of amides is 1. The molecule has 1 aliphatic heterocycles. The molecule has 0 saturated carbocycles. The number of benzene rings is 1. The van der Waals surface area contributed by atoms with E-state index in [0.717, 1.165) is 32.0 Å². The predicted molar refractivity (Wildman–Crippen MR) is 90.9 cm³/mol. The quantitative estimate of drug-likeness (QED) is 0.668. The molecule has 0 spiro atoms. The second kappa shape index (κ2) is 6.48. The van der Waals surface area contributed by atoms with E-state index in [9.17, 15) is 18.0 Å². The summed E-state index contributed by atoms with van der Waals surface area (Å²) >= 11 is 0. The Labute approximate surface area is 147 Å². The van der Waals surface area contributed by atoms with Crippen LogP contribution in [0.5, 0.6) is 0 Å². The van der Waals surface area contributed by atoms with Gasteiger partial charge in [0.15, 0.2) is 17.5 Å². The molecule has 4 rings (SSSR count). The first-order valence-corrected chi connectivity index (χ1v) is 8.41. The maximum atomic E-state index is 14.1. The number of rotatable bonds is 3. The zero-order valence-electron chi connectivity index (χ0n) is 13.9. The summed E-state index contributed by atoms with van der Waals surface area (Å²) in [7, 11) is 0. The van der Waals surface area contributed by atoms with Crippen molar-refractivity contribution in [2.24, 2.45) is 0 Å². The van der Waals surface area contributed by atoms with Crippen LogP contribution in [0.2, 0.25) is 0 Å². The highest BCUT2D eigenvalue weighted by Crippen LogP contribution is 2.28. The van der Waals surface area contributed by atoms with Crippen LogP contribution in [0, 0.1) is 17.5 Å². The number of fused-ring (bicyclic) bond motifs is 1. The second-order valence-corrected chi connectivity index (χ2v) is 6.38. The molecule has 0 unspecified atom stereocenters. The van der Waals surface area contributed by atoms with Gasteiger partial charge in [0.2, 0.25) is 5.91 Å². The number of aromatic nitrogens is 2. The van der Waals surface area contributed by atoms with Gasteiger partial charge < -0.3 is 9.47 Å². The number of hydrogen-bond acceptors (Lipinski definition) is 2. The van der Waals surface area contributed by atoms with Gasteiger partial charge in [0.1, 0.15) is 6.54 Å². The van der Waals surface area contributed by atoms with Gasteiger partial charge in [-0.2, -0.15) is 0 Å². The Morgan fingerprint density at radius 3 is 2.62 bits per heavy atom. The molecule has 0 N–H and O–H groups in total. The first-order valence-electron chi connectivity index (χ1n) is 8.41. The minimum absolute atomic E-state index is 0.0180. The van der Waals surface area contributed by atoms with E-state index in [-0.39, 0.29) is 18.0 Å². The highest BCUT2D eigenvalue weighted by molar-refractivity contribution is 5.84. The third kappa shape index (κ3) is 2.83. The molecular weight excluding hydrogens is 343 g/mol.